The molecule has 0 spiro atoms. The Labute approximate surface area is 101 Å². The van der Waals surface area contributed by atoms with Gasteiger partial charge in [-0.2, -0.15) is 0 Å². The SMILES string of the molecule is C=C(CN(C)CC(C)C)N1CCN(C)CC1. The van der Waals surface area contributed by atoms with Crippen molar-refractivity contribution < 1.29 is 0 Å². The van der Waals surface area contributed by atoms with Crippen LogP contribution in [0.4, 0.5) is 0 Å². The predicted octanol–water partition coefficient (Wildman–Crippen LogP) is 1.34. The zero-order valence-electron chi connectivity index (χ0n) is 11.4. The molecule has 0 aromatic heterocycles. The minimum Gasteiger partial charge on any atom is -0.372 e. The first-order valence-corrected chi connectivity index (χ1v) is 6.29. The highest BCUT2D eigenvalue weighted by molar-refractivity contribution is 4.98. The molecule has 3 heteroatoms. The van der Waals surface area contributed by atoms with Crippen molar-refractivity contribution in [3.05, 3.63) is 12.3 Å². The molecule has 0 aliphatic carbocycles. The number of hydrogen-bond donors (Lipinski definition) is 0. The minimum absolute atomic E-state index is 0.727. The van der Waals surface area contributed by atoms with Crippen LogP contribution in [0.1, 0.15) is 13.8 Å². The van der Waals surface area contributed by atoms with E-state index >= 15 is 0 Å². The summed E-state index contributed by atoms with van der Waals surface area (Å²) in [5.41, 5.74) is 1.27. The number of nitrogens with zero attached hydrogens (tertiary/aromatic N) is 3. The number of piperazine rings is 1. The van der Waals surface area contributed by atoms with E-state index in [1.54, 1.807) is 0 Å². The van der Waals surface area contributed by atoms with E-state index in [-0.39, 0.29) is 0 Å². The van der Waals surface area contributed by atoms with E-state index in [4.69, 9.17) is 0 Å². The third-order valence-electron chi connectivity index (χ3n) is 3.08. The molecule has 16 heavy (non-hydrogen) atoms. The van der Waals surface area contributed by atoms with Gasteiger partial charge in [0.2, 0.25) is 0 Å². The van der Waals surface area contributed by atoms with Crippen LogP contribution in [0.2, 0.25) is 0 Å². The molecule has 1 saturated heterocycles. The fourth-order valence-corrected chi connectivity index (χ4v) is 2.22. The van der Waals surface area contributed by atoms with Gasteiger partial charge in [-0.05, 0) is 20.0 Å². The van der Waals surface area contributed by atoms with Crippen molar-refractivity contribution >= 4 is 0 Å². The van der Waals surface area contributed by atoms with E-state index in [1.807, 2.05) is 0 Å². The van der Waals surface area contributed by atoms with E-state index in [9.17, 15) is 0 Å². The van der Waals surface area contributed by atoms with Crippen molar-refractivity contribution in [2.45, 2.75) is 13.8 Å². The Morgan fingerprint density at radius 2 is 1.81 bits per heavy atom. The van der Waals surface area contributed by atoms with Crippen molar-refractivity contribution in [3.63, 3.8) is 0 Å². The molecule has 1 fully saturated rings. The first kappa shape index (κ1) is 13.5. The molecule has 1 aliphatic rings. The molecule has 0 N–H and O–H groups in total. The van der Waals surface area contributed by atoms with Crippen LogP contribution in [0.5, 0.6) is 0 Å². The van der Waals surface area contributed by atoms with Gasteiger partial charge in [-0.3, -0.25) is 0 Å². The molecule has 3 nitrogen and oxygen atoms in total. The van der Waals surface area contributed by atoms with Gasteiger partial charge in [0.1, 0.15) is 0 Å². The zero-order chi connectivity index (χ0) is 12.1. The highest BCUT2D eigenvalue weighted by Crippen LogP contribution is 2.08. The van der Waals surface area contributed by atoms with Crippen molar-refractivity contribution in [1.29, 1.82) is 0 Å². The van der Waals surface area contributed by atoms with E-state index in [0.717, 1.165) is 45.2 Å². The summed E-state index contributed by atoms with van der Waals surface area (Å²) in [5.74, 6) is 0.727. The quantitative estimate of drug-likeness (QED) is 0.699. The second kappa shape index (κ2) is 6.26. The highest BCUT2D eigenvalue weighted by atomic mass is 15.3. The van der Waals surface area contributed by atoms with Gasteiger partial charge >= 0.3 is 0 Å². The lowest BCUT2D eigenvalue weighted by Gasteiger charge is -2.36. The van der Waals surface area contributed by atoms with Crippen molar-refractivity contribution in [3.8, 4) is 0 Å². The maximum absolute atomic E-state index is 4.22. The van der Waals surface area contributed by atoms with E-state index in [2.05, 4.69) is 49.2 Å². The van der Waals surface area contributed by atoms with Gasteiger partial charge in [-0.25, -0.2) is 0 Å². The molecule has 94 valence electrons. The van der Waals surface area contributed by atoms with Gasteiger partial charge in [-0.15, -0.1) is 0 Å². The van der Waals surface area contributed by atoms with Crippen LogP contribution < -0.4 is 0 Å². The Bertz CT molecular complexity index is 217. The first-order valence-electron chi connectivity index (χ1n) is 6.29. The van der Waals surface area contributed by atoms with Crippen LogP contribution in [0.15, 0.2) is 12.3 Å². The third kappa shape index (κ3) is 4.54. The molecule has 1 aliphatic heterocycles. The topological polar surface area (TPSA) is 9.72 Å². The van der Waals surface area contributed by atoms with E-state index in [0.29, 0.717) is 0 Å². The molecule has 1 heterocycles. The van der Waals surface area contributed by atoms with Crippen molar-refractivity contribution in [2.75, 3.05) is 53.4 Å². The standard InChI is InChI=1S/C13H27N3/c1-12(2)10-15(5)11-13(3)16-8-6-14(4)7-9-16/h12H,3,6-11H2,1-2,4-5H3. The monoisotopic (exact) mass is 225 g/mol. The normalized spacial score (nSPS) is 18.5. The lowest BCUT2D eigenvalue weighted by molar-refractivity contribution is 0.172. The van der Waals surface area contributed by atoms with Crippen molar-refractivity contribution in [2.24, 2.45) is 5.92 Å². The average Bonchev–Trinajstić information content (AvgIpc) is 2.16. The van der Waals surface area contributed by atoms with Gasteiger partial charge in [0.05, 0.1) is 0 Å². The fraction of sp³-hybridized carbons (Fsp3) is 0.846. The second-order valence-corrected chi connectivity index (χ2v) is 5.45. The number of hydrogen-bond acceptors (Lipinski definition) is 3. The lowest BCUT2D eigenvalue weighted by atomic mass is 10.2. The lowest BCUT2D eigenvalue weighted by Crippen LogP contribution is -2.45. The molecule has 0 saturated carbocycles. The molecule has 0 amide bonds. The smallest absolute Gasteiger partial charge is 0.0374 e. The van der Waals surface area contributed by atoms with Crippen LogP contribution in [-0.4, -0.2) is 68.1 Å². The molecule has 1 rings (SSSR count). The highest BCUT2D eigenvalue weighted by Gasteiger charge is 2.15. The maximum atomic E-state index is 4.22. The summed E-state index contributed by atoms with van der Waals surface area (Å²) in [6, 6.07) is 0. The third-order valence-corrected chi connectivity index (χ3v) is 3.08. The van der Waals surface area contributed by atoms with E-state index in [1.165, 1.54) is 5.70 Å². The molecule has 0 unspecified atom stereocenters. The summed E-state index contributed by atoms with van der Waals surface area (Å²) in [5, 5.41) is 0. The molecular weight excluding hydrogens is 198 g/mol. The minimum atomic E-state index is 0.727. The maximum Gasteiger partial charge on any atom is 0.0374 e. The molecule has 0 aromatic rings. The van der Waals surface area contributed by atoms with Crippen LogP contribution >= 0.6 is 0 Å². The summed E-state index contributed by atoms with van der Waals surface area (Å²) in [6.07, 6.45) is 0. The van der Waals surface area contributed by atoms with Crippen molar-refractivity contribution in [1.82, 2.24) is 14.7 Å². The summed E-state index contributed by atoms with van der Waals surface area (Å²) in [4.78, 5) is 7.17. The van der Waals surface area contributed by atoms with Crippen LogP contribution in [-0.2, 0) is 0 Å². The Balaban J connectivity index is 2.29. The summed E-state index contributed by atoms with van der Waals surface area (Å²) < 4.78 is 0. The summed E-state index contributed by atoms with van der Waals surface area (Å²) in [7, 11) is 4.37. The average molecular weight is 225 g/mol. The first-order chi connectivity index (χ1) is 7.49. The van der Waals surface area contributed by atoms with Gasteiger partial charge in [0, 0.05) is 45.0 Å². The molecule has 0 aromatic carbocycles. The zero-order valence-corrected chi connectivity index (χ0v) is 11.4. The Hall–Kier alpha value is -0.540. The fourth-order valence-electron chi connectivity index (χ4n) is 2.22. The van der Waals surface area contributed by atoms with Gasteiger partial charge in [-0.1, -0.05) is 20.4 Å². The molecule has 0 bridgehead atoms. The van der Waals surface area contributed by atoms with Gasteiger partial charge < -0.3 is 14.7 Å². The van der Waals surface area contributed by atoms with E-state index < -0.39 is 0 Å². The number of likely N-dealkylation sites (N-methyl/N-ethyl adjacent to an activating group) is 2. The summed E-state index contributed by atoms with van der Waals surface area (Å²) in [6.45, 7) is 15.5. The predicted molar refractivity (Wildman–Crippen MR) is 70.5 cm³/mol. The Morgan fingerprint density at radius 3 is 2.31 bits per heavy atom. The molecular formula is C13H27N3. The van der Waals surface area contributed by atoms with Crippen LogP contribution in [0.25, 0.3) is 0 Å². The van der Waals surface area contributed by atoms with Crippen LogP contribution in [0, 0.1) is 5.92 Å². The van der Waals surface area contributed by atoms with Crippen LogP contribution in [0.3, 0.4) is 0 Å². The Kier molecular flexibility index (Phi) is 5.29. The largest absolute Gasteiger partial charge is 0.372 e. The molecule has 0 atom stereocenters. The van der Waals surface area contributed by atoms with Gasteiger partial charge in [0.25, 0.3) is 0 Å². The molecule has 0 radical (unpaired) electrons. The second-order valence-electron chi connectivity index (χ2n) is 5.45. The summed E-state index contributed by atoms with van der Waals surface area (Å²) >= 11 is 0. The number of rotatable bonds is 5. The van der Waals surface area contributed by atoms with Gasteiger partial charge in [0.15, 0.2) is 0 Å². The Morgan fingerprint density at radius 1 is 1.25 bits per heavy atom.